The minimum Gasteiger partial charge on any atom is -0.332 e. The Kier molecular flexibility index (Phi) is 6.80. The number of rotatable bonds is 6. The van der Waals surface area contributed by atoms with Crippen molar-refractivity contribution in [1.29, 1.82) is 0 Å². The molecule has 0 atom stereocenters. The Balaban J connectivity index is 1.45. The molecule has 0 bridgehead atoms. The van der Waals surface area contributed by atoms with Crippen LogP contribution in [0.3, 0.4) is 0 Å². The lowest BCUT2D eigenvalue weighted by atomic mass is 10.3. The highest BCUT2D eigenvalue weighted by Crippen LogP contribution is 2.21. The van der Waals surface area contributed by atoms with E-state index in [9.17, 15) is 4.79 Å². The topological polar surface area (TPSA) is 66.1 Å². The second kappa shape index (κ2) is 9.50. The van der Waals surface area contributed by atoms with Gasteiger partial charge in [-0.15, -0.1) is 23.1 Å². The van der Waals surface area contributed by atoms with E-state index in [4.69, 9.17) is 12.2 Å². The first-order valence-corrected chi connectivity index (χ1v) is 10.4. The molecule has 3 aromatic rings. The molecular weight excluding hydrogens is 396 g/mol. The van der Waals surface area contributed by atoms with Crippen LogP contribution < -0.4 is 16.0 Å². The number of hydrogen-bond acceptors (Lipinski definition) is 5. The van der Waals surface area contributed by atoms with Crippen molar-refractivity contribution in [3.63, 3.8) is 0 Å². The maximum atomic E-state index is 12.0. The molecule has 27 heavy (non-hydrogen) atoms. The fourth-order valence-corrected chi connectivity index (χ4v) is 3.80. The van der Waals surface area contributed by atoms with E-state index in [1.807, 2.05) is 66.9 Å². The van der Waals surface area contributed by atoms with Crippen molar-refractivity contribution < 1.29 is 4.79 Å². The molecule has 0 aliphatic heterocycles. The maximum Gasteiger partial charge on any atom is 0.236 e. The predicted molar refractivity (Wildman–Crippen MR) is 119 cm³/mol. The van der Waals surface area contributed by atoms with E-state index in [1.165, 1.54) is 23.1 Å². The lowest BCUT2D eigenvalue weighted by Gasteiger charge is -2.11. The van der Waals surface area contributed by atoms with Gasteiger partial charge in [0.1, 0.15) is 0 Å². The van der Waals surface area contributed by atoms with Crippen molar-refractivity contribution in [2.24, 2.45) is 0 Å². The Labute approximate surface area is 171 Å². The normalized spacial score (nSPS) is 10.3. The maximum absolute atomic E-state index is 12.0. The molecular formula is C19H18N4OS3. The van der Waals surface area contributed by atoms with Crippen LogP contribution in [0.5, 0.6) is 0 Å². The number of aromatic nitrogens is 1. The average Bonchev–Trinajstić information content (AvgIpc) is 3.06. The third kappa shape index (κ3) is 6.35. The Morgan fingerprint density at radius 1 is 1.04 bits per heavy atom. The van der Waals surface area contributed by atoms with Gasteiger partial charge in [-0.1, -0.05) is 18.2 Å². The van der Waals surface area contributed by atoms with Gasteiger partial charge < -0.3 is 16.0 Å². The number of amides is 1. The average molecular weight is 415 g/mol. The van der Waals surface area contributed by atoms with Gasteiger partial charge in [0.15, 0.2) is 10.2 Å². The summed E-state index contributed by atoms with van der Waals surface area (Å²) in [7, 11) is 0. The van der Waals surface area contributed by atoms with Crippen molar-refractivity contribution in [2.45, 2.75) is 11.8 Å². The number of aryl methyl sites for hydroxylation is 1. The second-order valence-corrected chi connectivity index (χ2v) is 7.92. The Morgan fingerprint density at radius 2 is 1.70 bits per heavy atom. The number of hydrogen-bond donors (Lipinski definition) is 3. The number of thiocarbonyl (C=S) groups is 1. The van der Waals surface area contributed by atoms with Gasteiger partial charge in [0.05, 0.1) is 11.4 Å². The van der Waals surface area contributed by atoms with E-state index in [1.54, 1.807) is 0 Å². The van der Waals surface area contributed by atoms with Crippen LogP contribution in [0.1, 0.15) is 5.69 Å². The number of carbonyl (C=O) groups is 1. The molecule has 1 amide bonds. The molecule has 0 saturated heterocycles. The molecule has 2 aromatic carbocycles. The molecule has 1 heterocycles. The molecule has 5 nitrogen and oxygen atoms in total. The Morgan fingerprint density at radius 3 is 2.33 bits per heavy atom. The molecule has 3 N–H and O–H groups in total. The fourth-order valence-electron chi connectivity index (χ4n) is 2.17. The Bertz CT molecular complexity index is 910. The van der Waals surface area contributed by atoms with Gasteiger partial charge in [0, 0.05) is 21.7 Å². The first-order valence-electron chi connectivity index (χ1n) is 8.16. The van der Waals surface area contributed by atoms with E-state index in [0.717, 1.165) is 22.0 Å². The van der Waals surface area contributed by atoms with Gasteiger partial charge in [-0.25, -0.2) is 4.98 Å². The van der Waals surface area contributed by atoms with Gasteiger partial charge in [0.2, 0.25) is 5.91 Å². The van der Waals surface area contributed by atoms with E-state index < -0.39 is 0 Å². The first kappa shape index (κ1) is 19.3. The minimum absolute atomic E-state index is 0.0650. The van der Waals surface area contributed by atoms with Crippen LogP contribution in [0.4, 0.5) is 16.5 Å². The van der Waals surface area contributed by atoms with Gasteiger partial charge in [-0.2, -0.15) is 0 Å². The molecule has 0 unspecified atom stereocenters. The van der Waals surface area contributed by atoms with Crippen molar-refractivity contribution in [2.75, 3.05) is 21.7 Å². The van der Waals surface area contributed by atoms with E-state index in [0.29, 0.717) is 16.0 Å². The van der Waals surface area contributed by atoms with Crippen molar-refractivity contribution in [3.05, 3.63) is 65.7 Å². The molecule has 8 heteroatoms. The summed E-state index contributed by atoms with van der Waals surface area (Å²) in [6, 6.07) is 17.5. The molecule has 1 aromatic heterocycles. The molecule has 3 rings (SSSR count). The zero-order valence-corrected chi connectivity index (χ0v) is 17.0. The van der Waals surface area contributed by atoms with Gasteiger partial charge in [-0.3, -0.25) is 4.79 Å². The van der Waals surface area contributed by atoms with Crippen LogP contribution >= 0.6 is 35.3 Å². The number of anilines is 3. The summed E-state index contributed by atoms with van der Waals surface area (Å²) in [5.41, 5.74) is 2.73. The fraction of sp³-hybridized carbons (Fsp3) is 0.105. The van der Waals surface area contributed by atoms with E-state index >= 15 is 0 Å². The minimum atomic E-state index is -0.0650. The molecule has 0 aliphatic carbocycles. The Hall–Kier alpha value is -2.42. The van der Waals surface area contributed by atoms with Crippen LogP contribution in [-0.2, 0) is 4.79 Å². The first-order chi connectivity index (χ1) is 13.1. The van der Waals surface area contributed by atoms with Crippen LogP contribution in [0.25, 0.3) is 0 Å². The quantitative estimate of drug-likeness (QED) is 0.390. The van der Waals surface area contributed by atoms with Gasteiger partial charge >= 0.3 is 0 Å². The zero-order valence-electron chi connectivity index (χ0n) is 14.6. The summed E-state index contributed by atoms with van der Waals surface area (Å²) in [5, 5.41) is 12.1. The van der Waals surface area contributed by atoms with Gasteiger partial charge in [0.25, 0.3) is 0 Å². The highest BCUT2D eigenvalue weighted by Gasteiger charge is 2.06. The molecule has 0 fully saturated rings. The summed E-state index contributed by atoms with van der Waals surface area (Å²) < 4.78 is 0. The summed E-state index contributed by atoms with van der Waals surface area (Å²) in [6.45, 7) is 1.90. The van der Waals surface area contributed by atoms with Crippen LogP contribution in [0, 0.1) is 6.92 Å². The largest absolute Gasteiger partial charge is 0.332 e. The van der Waals surface area contributed by atoms with E-state index in [2.05, 4.69) is 20.9 Å². The molecule has 0 saturated carbocycles. The number of carbonyl (C=O) groups excluding carboxylic acids is 1. The molecule has 138 valence electrons. The number of nitrogens with zero attached hydrogens (tertiary/aromatic N) is 1. The number of benzene rings is 2. The monoisotopic (exact) mass is 414 g/mol. The third-order valence-corrected chi connectivity index (χ3v) is 5.47. The smallest absolute Gasteiger partial charge is 0.236 e. The number of nitrogens with one attached hydrogen (secondary N) is 3. The zero-order chi connectivity index (χ0) is 19.1. The highest BCUT2D eigenvalue weighted by atomic mass is 32.2. The summed E-state index contributed by atoms with van der Waals surface area (Å²) >= 11 is 8.22. The van der Waals surface area contributed by atoms with Crippen molar-refractivity contribution in [3.8, 4) is 0 Å². The summed E-state index contributed by atoms with van der Waals surface area (Å²) in [4.78, 5) is 17.2. The highest BCUT2D eigenvalue weighted by molar-refractivity contribution is 8.00. The third-order valence-electron chi connectivity index (χ3n) is 3.38. The lowest BCUT2D eigenvalue weighted by Crippen LogP contribution is -2.18. The second-order valence-electron chi connectivity index (χ2n) is 5.60. The van der Waals surface area contributed by atoms with Gasteiger partial charge in [-0.05, 0) is 55.5 Å². The van der Waals surface area contributed by atoms with Crippen LogP contribution in [0.2, 0.25) is 0 Å². The SMILES string of the molecule is Cc1csc(NC(=O)CSc2ccc(NC(=S)Nc3ccccc3)cc2)n1. The lowest BCUT2D eigenvalue weighted by molar-refractivity contribution is -0.113. The predicted octanol–water partition coefficient (Wildman–Crippen LogP) is 4.99. The summed E-state index contributed by atoms with van der Waals surface area (Å²) in [6.07, 6.45) is 0. The van der Waals surface area contributed by atoms with Crippen molar-refractivity contribution in [1.82, 2.24) is 4.98 Å². The number of para-hydroxylation sites is 1. The molecule has 0 aliphatic rings. The van der Waals surface area contributed by atoms with E-state index in [-0.39, 0.29) is 5.91 Å². The number of thiazole rings is 1. The van der Waals surface area contributed by atoms with Crippen LogP contribution in [0.15, 0.2) is 64.9 Å². The molecule has 0 radical (unpaired) electrons. The number of thioether (sulfide) groups is 1. The standard InChI is InChI=1S/C19H18N4OS3/c1-13-11-27-19(20-13)23-17(24)12-26-16-9-7-15(8-10-16)22-18(25)21-14-5-3-2-4-6-14/h2-11H,12H2,1H3,(H,20,23,24)(H2,21,22,25). The summed E-state index contributed by atoms with van der Waals surface area (Å²) in [5.74, 6) is 0.268. The van der Waals surface area contributed by atoms with Crippen molar-refractivity contribution >= 4 is 62.8 Å². The van der Waals surface area contributed by atoms with Crippen LogP contribution in [-0.4, -0.2) is 21.8 Å². The molecule has 0 spiro atoms.